The lowest BCUT2D eigenvalue weighted by Crippen LogP contribution is -2.40. The second-order valence-corrected chi connectivity index (χ2v) is 3.93. The number of amides is 1. The number of carbonyl (C=O) groups is 4. The second-order valence-electron chi connectivity index (χ2n) is 3.93. The summed E-state index contributed by atoms with van der Waals surface area (Å²) in [5.41, 5.74) is 0. The molecule has 0 aromatic carbocycles. The maximum Gasteiger partial charge on any atom is 0.224 e. The van der Waals surface area contributed by atoms with Crippen molar-refractivity contribution in [3.63, 3.8) is 0 Å². The Balaban J connectivity index is 2.65. The fraction of sp³-hybridized carbons (Fsp3) is 0.636. The van der Waals surface area contributed by atoms with E-state index in [1.54, 1.807) is 0 Å². The van der Waals surface area contributed by atoms with E-state index in [2.05, 4.69) is 5.32 Å². The van der Waals surface area contributed by atoms with Crippen LogP contribution in [0, 0.1) is 11.8 Å². The van der Waals surface area contributed by atoms with Crippen LogP contribution in [0.2, 0.25) is 0 Å². The van der Waals surface area contributed by atoms with E-state index in [9.17, 15) is 19.2 Å². The Bertz CT molecular complexity index is 300. The molecule has 1 amide bonds. The topological polar surface area (TPSA) is 80.3 Å². The molecule has 16 heavy (non-hydrogen) atoms. The van der Waals surface area contributed by atoms with Crippen molar-refractivity contribution >= 4 is 24.3 Å². The minimum Gasteiger partial charge on any atom is -0.349 e. The third-order valence-corrected chi connectivity index (χ3v) is 2.94. The molecule has 2 unspecified atom stereocenters. The van der Waals surface area contributed by atoms with Crippen LogP contribution in [-0.4, -0.2) is 30.8 Å². The van der Waals surface area contributed by atoms with Crippen LogP contribution < -0.4 is 5.32 Å². The van der Waals surface area contributed by atoms with Gasteiger partial charge in [0, 0.05) is 11.8 Å². The first kappa shape index (κ1) is 12.5. The van der Waals surface area contributed by atoms with Crippen LogP contribution in [0.25, 0.3) is 0 Å². The van der Waals surface area contributed by atoms with Gasteiger partial charge in [-0.15, -0.1) is 0 Å². The SMILES string of the molecule is O=CCNC(=O)C1CCCCC1C(=O)C=O. The molecule has 0 saturated heterocycles. The Morgan fingerprint density at radius 2 is 1.75 bits per heavy atom. The zero-order valence-electron chi connectivity index (χ0n) is 8.98. The monoisotopic (exact) mass is 225 g/mol. The van der Waals surface area contributed by atoms with Crippen molar-refractivity contribution in [2.45, 2.75) is 25.7 Å². The van der Waals surface area contributed by atoms with Crippen molar-refractivity contribution in [2.75, 3.05) is 6.54 Å². The predicted molar refractivity (Wildman–Crippen MR) is 55.6 cm³/mol. The van der Waals surface area contributed by atoms with Crippen molar-refractivity contribution in [2.24, 2.45) is 11.8 Å². The number of Topliss-reactive ketones (excluding diaryl/α,β-unsaturated/α-hetero) is 1. The van der Waals surface area contributed by atoms with E-state index >= 15 is 0 Å². The van der Waals surface area contributed by atoms with Gasteiger partial charge in [-0.25, -0.2) is 0 Å². The number of hydrogen-bond acceptors (Lipinski definition) is 4. The number of carbonyl (C=O) groups excluding carboxylic acids is 4. The summed E-state index contributed by atoms with van der Waals surface area (Å²) < 4.78 is 0. The van der Waals surface area contributed by atoms with E-state index in [0.29, 0.717) is 19.1 Å². The lowest BCUT2D eigenvalue weighted by molar-refractivity contribution is -0.139. The maximum absolute atomic E-state index is 11.6. The van der Waals surface area contributed by atoms with E-state index in [0.717, 1.165) is 12.8 Å². The van der Waals surface area contributed by atoms with Crippen LogP contribution >= 0.6 is 0 Å². The summed E-state index contributed by atoms with van der Waals surface area (Å²) in [5.74, 6) is -1.76. The minimum absolute atomic E-state index is 0.0443. The number of hydrogen-bond donors (Lipinski definition) is 1. The molecule has 0 spiro atoms. The van der Waals surface area contributed by atoms with E-state index in [-0.39, 0.29) is 18.7 Å². The predicted octanol–water partition coefficient (Wildman–Crippen LogP) is -0.124. The van der Waals surface area contributed by atoms with Crippen molar-refractivity contribution in [1.29, 1.82) is 0 Å². The van der Waals surface area contributed by atoms with Gasteiger partial charge in [0.05, 0.1) is 6.54 Å². The summed E-state index contributed by atoms with van der Waals surface area (Å²) in [4.78, 5) is 43.6. The lowest BCUT2D eigenvalue weighted by Gasteiger charge is -2.27. The molecule has 1 aliphatic carbocycles. The molecule has 1 N–H and O–H groups in total. The van der Waals surface area contributed by atoms with Crippen molar-refractivity contribution in [3.05, 3.63) is 0 Å². The maximum atomic E-state index is 11.6. The smallest absolute Gasteiger partial charge is 0.224 e. The largest absolute Gasteiger partial charge is 0.349 e. The van der Waals surface area contributed by atoms with Crippen LogP contribution in [0.4, 0.5) is 0 Å². The van der Waals surface area contributed by atoms with Gasteiger partial charge in [0.1, 0.15) is 6.29 Å². The van der Waals surface area contributed by atoms with Crippen molar-refractivity contribution in [1.82, 2.24) is 5.32 Å². The highest BCUT2D eigenvalue weighted by Gasteiger charge is 2.34. The Morgan fingerprint density at radius 1 is 1.12 bits per heavy atom. The number of nitrogens with one attached hydrogen (secondary N) is 1. The average Bonchev–Trinajstić information content (AvgIpc) is 2.35. The molecular formula is C11H15NO4. The molecule has 1 aliphatic rings. The van der Waals surface area contributed by atoms with Crippen LogP contribution in [0.1, 0.15) is 25.7 Å². The quantitative estimate of drug-likeness (QED) is 0.522. The van der Waals surface area contributed by atoms with Gasteiger partial charge in [-0.05, 0) is 12.8 Å². The highest BCUT2D eigenvalue weighted by Crippen LogP contribution is 2.30. The summed E-state index contributed by atoms with van der Waals surface area (Å²) >= 11 is 0. The van der Waals surface area contributed by atoms with Gasteiger partial charge in [0.2, 0.25) is 5.91 Å². The second kappa shape index (κ2) is 6.15. The molecule has 1 saturated carbocycles. The zero-order valence-corrected chi connectivity index (χ0v) is 8.98. The fourth-order valence-corrected chi connectivity index (χ4v) is 2.15. The number of rotatable bonds is 5. The lowest BCUT2D eigenvalue weighted by atomic mass is 9.76. The van der Waals surface area contributed by atoms with Gasteiger partial charge in [-0.1, -0.05) is 12.8 Å². The highest BCUT2D eigenvalue weighted by atomic mass is 16.2. The first-order chi connectivity index (χ1) is 7.70. The fourth-order valence-electron chi connectivity index (χ4n) is 2.15. The Labute approximate surface area is 93.6 Å². The summed E-state index contributed by atoms with van der Waals surface area (Å²) in [6, 6.07) is 0. The molecule has 88 valence electrons. The summed E-state index contributed by atoms with van der Waals surface area (Å²) in [6.45, 7) is -0.0443. The van der Waals surface area contributed by atoms with Gasteiger partial charge in [0.25, 0.3) is 0 Å². The van der Waals surface area contributed by atoms with E-state index in [1.165, 1.54) is 0 Å². The molecule has 0 radical (unpaired) electrons. The van der Waals surface area contributed by atoms with Gasteiger partial charge < -0.3 is 10.1 Å². The van der Waals surface area contributed by atoms with Gasteiger partial charge in [-0.2, -0.15) is 0 Å². The average molecular weight is 225 g/mol. The molecule has 0 aliphatic heterocycles. The number of ketones is 1. The molecular weight excluding hydrogens is 210 g/mol. The van der Waals surface area contributed by atoms with Crippen molar-refractivity contribution in [3.8, 4) is 0 Å². The Morgan fingerprint density at radius 3 is 2.31 bits per heavy atom. The van der Waals surface area contributed by atoms with Crippen LogP contribution in [0.3, 0.4) is 0 Å². The number of aldehydes is 2. The van der Waals surface area contributed by atoms with Gasteiger partial charge >= 0.3 is 0 Å². The molecule has 2 atom stereocenters. The van der Waals surface area contributed by atoms with Crippen LogP contribution in [-0.2, 0) is 19.2 Å². The molecule has 0 aromatic heterocycles. The molecule has 0 heterocycles. The highest BCUT2D eigenvalue weighted by molar-refractivity contribution is 6.26. The summed E-state index contributed by atoms with van der Waals surface area (Å²) in [6.07, 6.45) is 3.81. The van der Waals surface area contributed by atoms with Gasteiger partial charge in [0.15, 0.2) is 12.1 Å². The standard InChI is InChI=1S/C11H15NO4/c13-6-5-12-11(16)9-4-2-1-3-8(9)10(15)7-14/h6-9H,1-5H2,(H,12,16). The first-order valence-corrected chi connectivity index (χ1v) is 5.41. The zero-order chi connectivity index (χ0) is 12.0. The van der Waals surface area contributed by atoms with E-state index < -0.39 is 17.6 Å². The van der Waals surface area contributed by atoms with Gasteiger partial charge in [-0.3, -0.25) is 14.4 Å². The molecule has 1 rings (SSSR count). The van der Waals surface area contributed by atoms with E-state index in [4.69, 9.17) is 0 Å². The molecule has 5 heteroatoms. The van der Waals surface area contributed by atoms with Crippen LogP contribution in [0.5, 0.6) is 0 Å². The normalized spacial score (nSPS) is 24.5. The van der Waals surface area contributed by atoms with Crippen molar-refractivity contribution < 1.29 is 19.2 Å². The van der Waals surface area contributed by atoms with Crippen LogP contribution in [0.15, 0.2) is 0 Å². The third kappa shape index (κ3) is 2.98. The molecule has 0 bridgehead atoms. The Hall–Kier alpha value is -1.52. The third-order valence-electron chi connectivity index (χ3n) is 2.94. The molecule has 5 nitrogen and oxygen atoms in total. The summed E-state index contributed by atoms with van der Waals surface area (Å²) in [5, 5.41) is 2.44. The molecule has 1 fully saturated rings. The minimum atomic E-state index is -0.508. The first-order valence-electron chi connectivity index (χ1n) is 5.41. The molecule has 0 aromatic rings. The Kier molecular flexibility index (Phi) is 4.82. The van der Waals surface area contributed by atoms with E-state index in [1.807, 2.05) is 0 Å². The summed E-state index contributed by atoms with van der Waals surface area (Å²) in [7, 11) is 0.